The van der Waals surface area contributed by atoms with Gasteiger partial charge in [0.05, 0.1) is 31.4 Å². The summed E-state index contributed by atoms with van der Waals surface area (Å²) in [6, 6.07) is 13.8. The summed E-state index contributed by atoms with van der Waals surface area (Å²) in [5.74, 6) is -0.566. The number of benzene rings is 2. The minimum atomic E-state index is -0.667. The van der Waals surface area contributed by atoms with Crippen molar-refractivity contribution in [3.05, 3.63) is 59.7 Å². The van der Waals surface area contributed by atoms with Crippen molar-refractivity contribution in [3.63, 3.8) is 0 Å². The van der Waals surface area contributed by atoms with Gasteiger partial charge in [-0.05, 0) is 37.6 Å². The van der Waals surface area contributed by atoms with E-state index in [4.69, 9.17) is 18.9 Å². The van der Waals surface area contributed by atoms with Crippen LogP contribution in [-0.2, 0) is 19.1 Å². The summed E-state index contributed by atoms with van der Waals surface area (Å²) in [5, 5.41) is 2.79. The second-order valence-electron chi connectivity index (χ2n) is 7.65. The standard InChI is InChI=1S/C25H30N2O7/c1-3-32-22-15-20(9-10-21(22)33-17-24(29)27-11-13-31-14-12-27)25(30)34-16-23(28)26-18(2)19-7-5-4-6-8-19/h4-10,15,18H,3,11-14,16-17H2,1-2H3,(H,26,28)/t18-/m1/s1. The normalized spacial score (nSPS) is 14.1. The second-order valence-corrected chi connectivity index (χ2v) is 7.65. The molecule has 9 nitrogen and oxygen atoms in total. The van der Waals surface area contributed by atoms with Gasteiger partial charge in [-0.25, -0.2) is 4.79 Å². The molecule has 182 valence electrons. The smallest absolute Gasteiger partial charge is 0.338 e. The molecule has 1 aliphatic heterocycles. The van der Waals surface area contributed by atoms with Gasteiger partial charge < -0.3 is 29.2 Å². The Morgan fingerprint density at radius 2 is 1.74 bits per heavy atom. The van der Waals surface area contributed by atoms with Crippen molar-refractivity contribution in [2.24, 2.45) is 0 Å². The van der Waals surface area contributed by atoms with Crippen LogP contribution in [0.25, 0.3) is 0 Å². The number of rotatable bonds is 10. The van der Waals surface area contributed by atoms with Gasteiger partial charge in [0.15, 0.2) is 24.7 Å². The van der Waals surface area contributed by atoms with Crippen LogP contribution < -0.4 is 14.8 Å². The fourth-order valence-electron chi connectivity index (χ4n) is 3.39. The molecule has 1 saturated heterocycles. The third-order valence-electron chi connectivity index (χ3n) is 5.21. The monoisotopic (exact) mass is 470 g/mol. The van der Waals surface area contributed by atoms with Crippen LogP contribution in [0, 0.1) is 0 Å². The molecule has 2 amide bonds. The van der Waals surface area contributed by atoms with E-state index in [0.717, 1.165) is 5.56 Å². The molecule has 2 aromatic rings. The number of carbonyl (C=O) groups is 3. The van der Waals surface area contributed by atoms with Gasteiger partial charge in [-0.1, -0.05) is 30.3 Å². The van der Waals surface area contributed by atoms with Crippen molar-refractivity contribution in [1.82, 2.24) is 10.2 Å². The summed E-state index contributed by atoms with van der Waals surface area (Å²) in [5.41, 5.74) is 1.16. The minimum absolute atomic E-state index is 0.148. The Bertz CT molecular complexity index is 974. The first-order valence-corrected chi connectivity index (χ1v) is 11.2. The molecule has 0 aromatic heterocycles. The lowest BCUT2D eigenvalue weighted by molar-refractivity contribution is -0.137. The molecule has 1 fully saturated rings. The highest BCUT2D eigenvalue weighted by Gasteiger charge is 2.19. The molecule has 1 aliphatic rings. The first-order chi connectivity index (χ1) is 16.5. The van der Waals surface area contributed by atoms with Crippen LogP contribution in [0.5, 0.6) is 11.5 Å². The number of esters is 1. The zero-order chi connectivity index (χ0) is 24.3. The van der Waals surface area contributed by atoms with Crippen molar-refractivity contribution in [2.45, 2.75) is 19.9 Å². The number of carbonyl (C=O) groups excluding carboxylic acids is 3. The molecule has 9 heteroatoms. The first kappa shape index (κ1) is 25.0. The Labute approximate surface area is 198 Å². The zero-order valence-electron chi connectivity index (χ0n) is 19.5. The van der Waals surface area contributed by atoms with Crippen LogP contribution >= 0.6 is 0 Å². The van der Waals surface area contributed by atoms with Gasteiger partial charge in [0, 0.05) is 13.1 Å². The summed E-state index contributed by atoms with van der Waals surface area (Å²) >= 11 is 0. The number of ether oxygens (including phenoxy) is 4. The minimum Gasteiger partial charge on any atom is -0.490 e. The lowest BCUT2D eigenvalue weighted by atomic mass is 10.1. The molecule has 0 saturated carbocycles. The Morgan fingerprint density at radius 3 is 2.44 bits per heavy atom. The summed E-state index contributed by atoms with van der Waals surface area (Å²) in [6.45, 7) is 5.51. The van der Waals surface area contributed by atoms with Gasteiger partial charge in [0.25, 0.3) is 11.8 Å². The van der Waals surface area contributed by atoms with Gasteiger partial charge in [-0.2, -0.15) is 0 Å². The third-order valence-corrected chi connectivity index (χ3v) is 5.21. The average molecular weight is 471 g/mol. The van der Waals surface area contributed by atoms with Crippen LogP contribution in [0.4, 0.5) is 0 Å². The molecule has 0 radical (unpaired) electrons. The van der Waals surface area contributed by atoms with E-state index in [2.05, 4.69) is 5.32 Å². The number of morpholine rings is 1. The average Bonchev–Trinajstić information content (AvgIpc) is 2.87. The molecule has 2 aromatic carbocycles. The summed E-state index contributed by atoms with van der Waals surface area (Å²) in [4.78, 5) is 38.7. The van der Waals surface area contributed by atoms with Crippen LogP contribution in [0.3, 0.4) is 0 Å². The summed E-state index contributed by atoms with van der Waals surface area (Å²) in [7, 11) is 0. The van der Waals surface area contributed by atoms with E-state index in [9.17, 15) is 14.4 Å². The number of hydrogen-bond acceptors (Lipinski definition) is 7. The molecule has 0 aliphatic carbocycles. The number of nitrogens with zero attached hydrogens (tertiary/aromatic N) is 1. The van der Waals surface area contributed by atoms with E-state index in [1.54, 1.807) is 17.9 Å². The summed E-state index contributed by atoms with van der Waals surface area (Å²) < 4.78 is 21.6. The topological polar surface area (TPSA) is 103 Å². The predicted molar refractivity (Wildman–Crippen MR) is 124 cm³/mol. The molecule has 1 heterocycles. The Morgan fingerprint density at radius 1 is 1.00 bits per heavy atom. The second kappa shape index (κ2) is 12.6. The lowest BCUT2D eigenvalue weighted by Crippen LogP contribution is -2.43. The Kier molecular flexibility index (Phi) is 9.28. The van der Waals surface area contributed by atoms with E-state index < -0.39 is 18.5 Å². The molecule has 0 bridgehead atoms. The lowest BCUT2D eigenvalue weighted by Gasteiger charge is -2.26. The fourth-order valence-corrected chi connectivity index (χ4v) is 3.39. The van der Waals surface area contributed by atoms with E-state index in [1.165, 1.54) is 12.1 Å². The number of nitrogens with one attached hydrogen (secondary N) is 1. The highest BCUT2D eigenvalue weighted by atomic mass is 16.5. The van der Waals surface area contributed by atoms with Gasteiger partial charge in [0.2, 0.25) is 0 Å². The maximum absolute atomic E-state index is 12.5. The van der Waals surface area contributed by atoms with Gasteiger partial charge in [-0.3, -0.25) is 9.59 Å². The number of amides is 2. The maximum Gasteiger partial charge on any atom is 0.338 e. The third kappa shape index (κ3) is 7.21. The maximum atomic E-state index is 12.5. The van der Waals surface area contributed by atoms with Crippen LogP contribution in [0.15, 0.2) is 48.5 Å². The van der Waals surface area contributed by atoms with Crippen LogP contribution in [0.2, 0.25) is 0 Å². The molecule has 0 unspecified atom stereocenters. The Balaban J connectivity index is 1.54. The first-order valence-electron chi connectivity index (χ1n) is 11.2. The molecule has 0 spiro atoms. The highest BCUT2D eigenvalue weighted by Crippen LogP contribution is 2.29. The molecule has 1 atom stereocenters. The fraction of sp³-hybridized carbons (Fsp3) is 0.400. The highest BCUT2D eigenvalue weighted by molar-refractivity contribution is 5.92. The van der Waals surface area contributed by atoms with E-state index >= 15 is 0 Å². The van der Waals surface area contributed by atoms with Crippen molar-refractivity contribution in [3.8, 4) is 11.5 Å². The molecule has 1 N–H and O–H groups in total. The van der Waals surface area contributed by atoms with Crippen LogP contribution in [-0.4, -0.2) is 68.8 Å². The van der Waals surface area contributed by atoms with Gasteiger partial charge in [-0.15, -0.1) is 0 Å². The zero-order valence-corrected chi connectivity index (χ0v) is 19.5. The van der Waals surface area contributed by atoms with Crippen molar-refractivity contribution < 1.29 is 33.3 Å². The predicted octanol–water partition coefficient (Wildman–Crippen LogP) is 2.36. The molecule has 34 heavy (non-hydrogen) atoms. The molecule has 3 rings (SSSR count). The van der Waals surface area contributed by atoms with Crippen molar-refractivity contribution >= 4 is 17.8 Å². The Hall–Kier alpha value is -3.59. The van der Waals surface area contributed by atoms with Crippen LogP contribution in [0.1, 0.15) is 35.8 Å². The molecular formula is C25H30N2O7. The van der Waals surface area contributed by atoms with E-state index in [1.807, 2.05) is 37.3 Å². The quantitative estimate of drug-likeness (QED) is 0.532. The van der Waals surface area contributed by atoms with E-state index in [0.29, 0.717) is 44.4 Å². The van der Waals surface area contributed by atoms with E-state index in [-0.39, 0.29) is 24.1 Å². The van der Waals surface area contributed by atoms with Gasteiger partial charge >= 0.3 is 5.97 Å². The summed E-state index contributed by atoms with van der Waals surface area (Å²) in [6.07, 6.45) is 0. The number of hydrogen-bond donors (Lipinski definition) is 1. The van der Waals surface area contributed by atoms with Crippen molar-refractivity contribution in [2.75, 3.05) is 46.1 Å². The van der Waals surface area contributed by atoms with Crippen molar-refractivity contribution in [1.29, 1.82) is 0 Å². The SMILES string of the molecule is CCOc1cc(C(=O)OCC(=O)N[C@H](C)c2ccccc2)ccc1OCC(=O)N1CCOCC1. The molecular weight excluding hydrogens is 440 g/mol. The van der Waals surface area contributed by atoms with Gasteiger partial charge in [0.1, 0.15) is 0 Å². The largest absolute Gasteiger partial charge is 0.490 e.